The molecule has 0 saturated carbocycles. The minimum atomic E-state index is -0.898. The first-order chi connectivity index (χ1) is 25.3. The number of carbonyl (C=O) groups excluding carboxylic acids is 2. The molecule has 3 unspecified atom stereocenters. The molecule has 7 N–H and O–H groups in total. The zero-order valence-electron chi connectivity index (χ0n) is 32.6. The van der Waals surface area contributed by atoms with Crippen LogP contribution >= 0.6 is 0 Å². The zero-order chi connectivity index (χ0) is 36.8. The number of aliphatic hydroxyl groups excluding tert-OH is 1. The van der Waals surface area contributed by atoms with Gasteiger partial charge in [-0.3, -0.25) is 9.59 Å². The topological polar surface area (TPSA) is 149 Å². The maximum absolute atomic E-state index is 14.0. The summed E-state index contributed by atoms with van der Waals surface area (Å²) in [4.78, 5) is 27.3. The fraction of sp³-hybridized carbons (Fsp3) is 0.902. The highest BCUT2D eigenvalue weighted by Crippen LogP contribution is 2.43. The van der Waals surface area contributed by atoms with Gasteiger partial charge in [0.2, 0.25) is 12.2 Å². The molecule has 0 aliphatic carbocycles. The number of hydrogen-bond donors (Lipinski definition) is 6. The number of ether oxygens (including phenoxy) is 3. The predicted octanol–water partition coefficient (Wildman–Crippen LogP) is 4.47. The third kappa shape index (κ3) is 11.2. The summed E-state index contributed by atoms with van der Waals surface area (Å²) in [5.41, 5.74) is 4.43. The van der Waals surface area contributed by atoms with Gasteiger partial charge in [-0.15, -0.1) is 0 Å². The molecule has 5 fully saturated rings. The van der Waals surface area contributed by atoms with Crippen LogP contribution in [0.2, 0.25) is 0 Å². The van der Waals surface area contributed by atoms with Crippen LogP contribution in [0.5, 0.6) is 0 Å². The van der Waals surface area contributed by atoms with Crippen molar-refractivity contribution in [2.75, 3.05) is 19.7 Å². The van der Waals surface area contributed by atoms with Crippen molar-refractivity contribution in [1.29, 1.82) is 0 Å². The van der Waals surface area contributed by atoms with Crippen molar-refractivity contribution in [3.8, 4) is 0 Å². The maximum atomic E-state index is 14.0. The van der Waals surface area contributed by atoms with Crippen LogP contribution in [0.15, 0.2) is 12.2 Å². The van der Waals surface area contributed by atoms with Gasteiger partial charge in [-0.25, -0.2) is 10.6 Å². The molecule has 0 radical (unpaired) electrons. The summed E-state index contributed by atoms with van der Waals surface area (Å²) in [6.45, 7) is 5.88. The summed E-state index contributed by atoms with van der Waals surface area (Å²) in [5.74, 6) is -0.635. The van der Waals surface area contributed by atoms with E-state index in [-0.39, 0.29) is 48.1 Å². The van der Waals surface area contributed by atoms with E-state index in [0.717, 1.165) is 96.3 Å². The average molecular weight is 733 g/mol. The maximum Gasteiger partial charge on any atom is 0.319 e. The number of hydrogen-bond acceptors (Lipinski definition) is 9. The van der Waals surface area contributed by atoms with Crippen molar-refractivity contribution in [3.63, 3.8) is 0 Å². The minimum Gasteiger partial charge on any atom is -0.465 e. The number of aliphatic hydroxyl groups is 1. The fourth-order valence-corrected chi connectivity index (χ4v) is 9.94. The molecule has 5 saturated heterocycles. The second kappa shape index (κ2) is 20.9. The summed E-state index contributed by atoms with van der Waals surface area (Å²) < 4.78 is 19.6. The van der Waals surface area contributed by atoms with E-state index in [2.05, 4.69) is 41.9 Å². The van der Waals surface area contributed by atoms with Gasteiger partial charge in [0, 0.05) is 25.8 Å². The molecule has 52 heavy (non-hydrogen) atoms. The van der Waals surface area contributed by atoms with Crippen LogP contribution in [0, 0.1) is 5.92 Å². The Hall–Kier alpha value is -1.60. The molecule has 298 valence electrons. The lowest BCUT2D eigenvalue weighted by atomic mass is 9.79. The van der Waals surface area contributed by atoms with Gasteiger partial charge in [0.05, 0.1) is 24.9 Å². The Balaban J connectivity index is 0.959. The molecule has 5 aliphatic rings. The second-order valence-electron chi connectivity index (χ2n) is 16.7. The molecule has 1 amide bonds. The van der Waals surface area contributed by atoms with Crippen molar-refractivity contribution in [3.05, 3.63) is 12.2 Å². The normalized spacial score (nSPS) is 34.6. The van der Waals surface area contributed by atoms with E-state index < -0.39 is 11.8 Å². The van der Waals surface area contributed by atoms with E-state index in [1.165, 1.54) is 49.8 Å². The quantitative estimate of drug-likeness (QED) is 0.0539. The number of amides is 1. The average Bonchev–Trinajstić information content (AvgIpc) is 3.72. The predicted molar refractivity (Wildman–Crippen MR) is 203 cm³/mol. The van der Waals surface area contributed by atoms with E-state index in [1.807, 2.05) is 0 Å². The fourth-order valence-electron chi connectivity index (χ4n) is 9.94. The molecule has 0 bridgehead atoms. The van der Waals surface area contributed by atoms with Crippen LogP contribution < -0.4 is 26.6 Å². The molecule has 11 nitrogen and oxygen atoms in total. The number of nitrogens with one attached hydrogen (secondary N) is 4. The first-order valence-electron chi connectivity index (χ1n) is 21.6. The number of unbranched alkanes of at least 4 members (excludes halogenated alkanes) is 11. The first-order valence-corrected chi connectivity index (χ1v) is 21.6. The number of allylic oxidation sites excluding steroid dienone is 1. The van der Waals surface area contributed by atoms with Crippen molar-refractivity contribution >= 4 is 11.9 Å². The lowest BCUT2D eigenvalue weighted by molar-refractivity contribution is -0.985. The van der Waals surface area contributed by atoms with Crippen molar-refractivity contribution in [2.45, 2.75) is 210 Å². The Kier molecular flexibility index (Phi) is 16.7. The minimum absolute atomic E-state index is 0.00673. The number of carbonyl (C=O) groups is 2. The highest BCUT2D eigenvalue weighted by Gasteiger charge is 2.67. The molecule has 0 aromatic heterocycles. The molecule has 2 spiro atoms. The van der Waals surface area contributed by atoms with Gasteiger partial charge < -0.3 is 35.3 Å². The van der Waals surface area contributed by atoms with Crippen LogP contribution in [0.1, 0.15) is 162 Å². The summed E-state index contributed by atoms with van der Waals surface area (Å²) in [5, 5.41) is 20.6. The van der Waals surface area contributed by atoms with Gasteiger partial charge in [0.15, 0.2) is 5.92 Å². The van der Waals surface area contributed by atoms with Crippen LogP contribution in [0.25, 0.3) is 0 Å². The highest BCUT2D eigenvalue weighted by atomic mass is 16.6. The monoisotopic (exact) mass is 733 g/mol. The molecule has 10 atom stereocenters. The standard InChI is InChI=1S/C41H73N5O6/c1-3-4-20-33-24-26-40(52-33)30-32-22-23-34-36(41(25-17-19-31(2)51-41)45-39(44-40)46(32)34)38(49)50-29-16-14-12-10-8-6-5-7-9-11-13-15-21-35(47)37(48)43-28-18-27-42/h4,20,31-36,39,44-45,47H,3,5-19,21-30,42H2,1-2H3,(H,43,48)/p+1/b20-4+/t31-,32+,33+,34-,35?,36-,39?,40+,41-/m0/s1. The molecular formula is C41H74N5O6+. The Morgan fingerprint density at radius 2 is 1.65 bits per heavy atom. The van der Waals surface area contributed by atoms with Gasteiger partial charge in [-0.2, -0.15) is 0 Å². The van der Waals surface area contributed by atoms with Gasteiger partial charge in [-0.05, 0) is 71.3 Å². The highest BCUT2D eigenvalue weighted by molar-refractivity contribution is 5.80. The van der Waals surface area contributed by atoms with Crippen LogP contribution in [-0.2, 0) is 23.8 Å². The molecule has 0 aromatic rings. The van der Waals surface area contributed by atoms with Gasteiger partial charge in [0.1, 0.15) is 23.6 Å². The van der Waals surface area contributed by atoms with E-state index in [1.54, 1.807) is 0 Å². The van der Waals surface area contributed by atoms with Crippen LogP contribution in [0.4, 0.5) is 0 Å². The summed E-state index contributed by atoms with van der Waals surface area (Å²) in [6.07, 6.45) is 28.0. The van der Waals surface area contributed by atoms with E-state index in [9.17, 15) is 14.7 Å². The Bertz CT molecular complexity index is 1130. The third-order valence-electron chi connectivity index (χ3n) is 12.6. The summed E-state index contributed by atoms with van der Waals surface area (Å²) in [7, 11) is 0. The van der Waals surface area contributed by atoms with Gasteiger partial charge in [-0.1, -0.05) is 89.7 Å². The van der Waals surface area contributed by atoms with Crippen molar-refractivity contribution in [2.24, 2.45) is 11.7 Å². The first kappa shape index (κ1) is 41.6. The molecular weight excluding hydrogens is 658 g/mol. The SMILES string of the molecule is CC/C=C/[C@@H]1CC[C@]2(C[C@H]3CC[C@H]4[C@@H](C(=O)OCCCCCCCCCCCCCCC(O)C(=O)NCCCN)[C@@]5(CCC[C@H](C)O5)NC(N2)[NH+]34)O1. The smallest absolute Gasteiger partial charge is 0.319 e. The lowest BCUT2D eigenvalue weighted by Gasteiger charge is -2.57. The van der Waals surface area contributed by atoms with E-state index in [0.29, 0.717) is 32.2 Å². The van der Waals surface area contributed by atoms with Gasteiger partial charge in [0.25, 0.3) is 0 Å². The Morgan fingerprint density at radius 1 is 0.942 bits per heavy atom. The molecule has 5 rings (SSSR count). The van der Waals surface area contributed by atoms with E-state index >= 15 is 0 Å². The number of rotatable bonds is 22. The van der Waals surface area contributed by atoms with Crippen molar-refractivity contribution < 1.29 is 33.8 Å². The lowest BCUT2D eigenvalue weighted by Crippen LogP contribution is -3.28. The van der Waals surface area contributed by atoms with Crippen molar-refractivity contribution in [1.82, 2.24) is 16.0 Å². The number of nitrogens with two attached hydrogens (primary N) is 1. The molecule has 5 heterocycles. The van der Waals surface area contributed by atoms with Crippen LogP contribution in [0.3, 0.4) is 0 Å². The number of esters is 1. The zero-order valence-corrected chi connectivity index (χ0v) is 32.6. The summed E-state index contributed by atoms with van der Waals surface area (Å²) in [6, 6.07) is 0.651. The second-order valence-corrected chi connectivity index (χ2v) is 16.7. The summed E-state index contributed by atoms with van der Waals surface area (Å²) >= 11 is 0. The molecule has 11 heteroatoms. The number of quaternary nitrogens is 1. The molecule has 0 aromatic carbocycles. The Labute approximate surface area is 314 Å². The third-order valence-corrected chi connectivity index (χ3v) is 12.6. The largest absolute Gasteiger partial charge is 0.465 e. The van der Waals surface area contributed by atoms with Crippen LogP contribution in [-0.4, -0.2) is 84.8 Å². The van der Waals surface area contributed by atoms with Gasteiger partial charge >= 0.3 is 5.97 Å². The van der Waals surface area contributed by atoms with E-state index in [4.69, 9.17) is 19.9 Å². The molecule has 5 aliphatic heterocycles. The Morgan fingerprint density at radius 3 is 2.35 bits per heavy atom.